The number of aromatic nitrogens is 3. The number of amides is 1. The normalized spacial score (nSPS) is 11.5. The zero-order valence-corrected chi connectivity index (χ0v) is 12.7. The van der Waals surface area contributed by atoms with E-state index in [4.69, 9.17) is 0 Å². The lowest BCUT2D eigenvalue weighted by molar-refractivity contribution is -0.119. The van der Waals surface area contributed by atoms with Crippen LogP contribution >= 0.6 is 23.1 Å². The molecule has 0 radical (unpaired) electrons. The maximum Gasteiger partial charge on any atom is 0.230 e. The monoisotopic (exact) mass is 296 g/mol. The number of hydrogen-bond acceptors (Lipinski definition) is 5. The zero-order valence-electron chi connectivity index (χ0n) is 11.1. The van der Waals surface area contributed by atoms with E-state index in [1.54, 1.807) is 11.3 Å². The minimum absolute atomic E-state index is 0.0139. The van der Waals surface area contributed by atoms with Crippen molar-refractivity contribution < 1.29 is 4.79 Å². The summed E-state index contributed by atoms with van der Waals surface area (Å²) in [5.41, 5.74) is -0.210. The van der Waals surface area contributed by atoms with Crippen molar-refractivity contribution in [2.45, 2.75) is 31.5 Å². The van der Waals surface area contributed by atoms with Crippen molar-refractivity contribution in [1.82, 2.24) is 20.5 Å². The Kier molecular flexibility index (Phi) is 4.26. The Morgan fingerprint density at radius 3 is 2.95 bits per heavy atom. The molecular formula is C12H16N4OS2. The van der Waals surface area contributed by atoms with Gasteiger partial charge in [0.2, 0.25) is 11.1 Å². The average Bonchev–Trinajstić information content (AvgIpc) is 2.95. The van der Waals surface area contributed by atoms with Crippen LogP contribution in [0.4, 0.5) is 0 Å². The van der Waals surface area contributed by atoms with E-state index in [2.05, 4.69) is 20.5 Å². The third-order valence-electron chi connectivity index (χ3n) is 2.07. The van der Waals surface area contributed by atoms with Crippen molar-refractivity contribution in [3.8, 4) is 10.7 Å². The third kappa shape index (κ3) is 4.36. The maximum absolute atomic E-state index is 11.7. The molecule has 2 aromatic heterocycles. The number of nitrogens with one attached hydrogen (secondary N) is 2. The van der Waals surface area contributed by atoms with Crippen molar-refractivity contribution in [3.63, 3.8) is 0 Å². The number of carbonyl (C=O) groups is 1. The Hall–Kier alpha value is -1.34. The largest absolute Gasteiger partial charge is 0.351 e. The van der Waals surface area contributed by atoms with Gasteiger partial charge < -0.3 is 5.32 Å². The summed E-state index contributed by atoms with van der Waals surface area (Å²) in [7, 11) is 0. The predicted molar refractivity (Wildman–Crippen MR) is 78.3 cm³/mol. The van der Waals surface area contributed by atoms with Gasteiger partial charge in [-0.3, -0.25) is 9.89 Å². The van der Waals surface area contributed by atoms with Gasteiger partial charge in [0.1, 0.15) is 0 Å². The Morgan fingerprint density at radius 2 is 2.32 bits per heavy atom. The maximum atomic E-state index is 11.7. The van der Waals surface area contributed by atoms with Gasteiger partial charge in [-0.2, -0.15) is 0 Å². The molecule has 7 heteroatoms. The lowest BCUT2D eigenvalue weighted by Gasteiger charge is -2.19. The van der Waals surface area contributed by atoms with E-state index in [0.29, 0.717) is 10.9 Å². The summed E-state index contributed by atoms with van der Waals surface area (Å²) in [4.78, 5) is 17.1. The van der Waals surface area contributed by atoms with E-state index in [9.17, 15) is 4.79 Å². The van der Waals surface area contributed by atoms with Crippen LogP contribution in [-0.2, 0) is 4.79 Å². The molecule has 2 aromatic rings. The molecule has 0 aliphatic heterocycles. The number of carbonyl (C=O) groups excluding carboxylic acids is 1. The minimum Gasteiger partial charge on any atom is -0.351 e. The van der Waals surface area contributed by atoms with Crippen LogP contribution in [0.15, 0.2) is 22.7 Å². The van der Waals surface area contributed by atoms with Gasteiger partial charge in [0.05, 0.1) is 10.6 Å². The fraction of sp³-hybridized carbons (Fsp3) is 0.417. The molecule has 0 saturated heterocycles. The Bertz CT molecular complexity index is 542. The Morgan fingerprint density at radius 1 is 1.53 bits per heavy atom. The molecule has 0 atom stereocenters. The van der Waals surface area contributed by atoms with Gasteiger partial charge in [-0.15, -0.1) is 16.4 Å². The van der Waals surface area contributed by atoms with Gasteiger partial charge >= 0.3 is 0 Å². The van der Waals surface area contributed by atoms with Crippen LogP contribution in [0.3, 0.4) is 0 Å². The Balaban J connectivity index is 1.89. The molecule has 0 unspecified atom stereocenters. The van der Waals surface area contributed by atoms with Crippen molar-refractivity contribution in [2.24, 2.45) is 0 Å². The molecule has 0 aromatic carbocycles. The fourth-order valence-electron chi connectivity index (χ4n) is 1.42. The number of H-pyrrole nitrogens is 1. The zero-order chi connectivity index (χ0) is 13.9. The number of thioether (sulfide) groups is 1. The first kappa shape index (κ1) is 14.1. The number of nitrogens with zero attached hydrogens (tertiary/aromatic N) is 2. The number of aromatic amines is 1. The van der Waals surface area contributed by atoms with Crippen molar-refractivity contribution in [3.05, 3.63) is 17.5 Å². The molecule has 5 nitrogen and oxygen atoms in total. The first-order valence-corrected chi connectivity index (χ1v) is 7.71. The number of thiophene rings is 1. The van der Waals surface area contributed by atoms with Crippen LogP contribution in [0.2, 0.25) is 0 Å². The van der Waals surface area contributed by atoms with E-state index in [0.717, 1.165) is 10.7 Å². The second kappa shape index (κ2) is 5.75. The summed E-state index contributed by atoms with van der Waals surface area (Å²) < 4.78 is 0. The third-order valence-corrected chi connectivity index (χ3v) is 3.79. The molecule has 0 aliphatic carbocycles. The highest BCUT2D eigenvalue weighted by molar-refractivity contribution is 7.99. The molecule has 0 bridgehead atoms. The molecular weight excluding hydrogens is 280 g/mol. The smallest absolute Gasteiger partial charge is 0.230 e. The summed E-state index contributed by atoms with van der Waals surface area (Å²) in [5.74, 6) is 1.05. The van der Waals surface area contributed by atoms with Crippen LogP contribution < -0.4 is 5.32 Å². The van der Waals surface area contributed by atoms with Crippen LogP contribution in [0, 0.1) is 0 Å². The molecule has 19 heavy (non-hydrogen) atoms. The molecule has 2 heterocycles. The van der Waals surface area contributed by atoms with E-state index < -0.39 is 0 Å². The van der Waals surface area contributed by atoms with E-state index in [1.807, 2.05) is 38.3 Å². The van der Waals surface area contributed by atoms with Gasteiger partial charge in [0.15, 0.2) is 5.82 Å². The first-order valence-electron chi connectivity index (χ1n) is 5.84. The fourth-order valence-corrected chi connectivity index (χ4v) is 2.68. The predicted octanol–water partition coefficient (Wildman–Crippen LogP) is 2.54. The summed E-state index contributed by atoms with van der Waals surface area (Å²) in [5, 5.41) is 12.4. The van der Waals surface area contributed by atoms with Crippen molar-refractivity contribution in [1.29, 1.82) is 0 Å². The van der Waals surface area contributed by atoms with Crippen LogP contribution in [0.1, 0.15) is 20.8 Å². The highest BCUT2D eigenvalue weighted by Crippen LogP contribution is 2.23. The van der Waals surface area contributed by atoms with E-state index >= 15 is 0 Å². The highest BCUT2D eigenvalue weighted by atomic mass is 32.2. The van der Waals surface area contributed by atoms with Gasteiger partial charge in [-0.25, -0.2) is 4.98 Å². The topological polar surface area (TPSA) is 70.7 Å². The lowest BCUT2D eigenvalue weighted by atomic mass is 10.1. The molecule has 0 spiro atoms. The van der Waals surface area contributed by atoms with E-state index in [-0.39, 0.29) is 11.4 Å². The average molecular weight is 296 g/mol. The summed E-state index contributed by atoms with van der Waals surface area (Å²) >= 11 is 2.93. The minimum atomic E-state index is -0.210. The molecule has 2 N–H and O–H groups in total. The molecule has 0 saturated carbocycles. The van der Waals surface area contributed by atoms with Crippen LogP contribution in [0.5, 0.6) is 0 Å². The molecule has 0 aliphatic rings. The number of hydrogen-bond donors (Lipinski definition) is 2. The van der Waals surface area contributed by atoms with E-state index in [1.165, 1.54) is 11.8 Å². The van der Waals surface area contributed by atoms with Gasteiger partial charge in [-0.1, -0.05) is 17.8 Å². The summed E-state index contributed by atoms with van der Waals surface area (Å²) in [6.45, 7) is 5.87. The summed E-state index contributed by atoms with van der Waals surface area (Å²) in [6, 6.07) is 3.94. The van der Waals surface area contributed by atoms with Crippen LogP contribution in [-0.4, -0.2) is 32.4 Å². The molecule has 102 valence electrons. The second-order valence-corrected chi connectivity index (χ2v) is 6.92. The Labute approximate surface area is 120 Å². The van der Waals surface area contributed by atoms with Gasteiger partial charge in [-0.05, 0) is 32.2 Å². The van der Waals surface area contributed by atoms with Gasteiger partial charge in [0.25, 0.3) is 0 Å². The SMILES string of the molecule is CC(C)(C)NC(=O)CSc1n[nH]c(-c2cccs2)n1. The van der Waals surface area contributed by atoms with Gasteiger partial charge in [0, 0.05) is 5.54 Å². The molecule has 2 rings (SSSR count). The summed E-state index contributed by atoms with van der Waals surface area (Å²) in [6.07, 6.45) is 0. The number of rotatable bonds is 4. The lowest BCUT2D eigenvalue weighted by Crippen LogP contribution is -2.41. The quantitative estimate of drug-likeness (QED) is 0.851. The first-order chi connectivity index (χ1) is 8.94. The second-order valence-electron chi connectivity index (χ2n) is 5.03. The standard InChI is InChI=1S/C12H16N4OS2/c1-12(2,3)14-9(17)7-19-11-13-10(15-16-11)8-5-4-6-18-8/h4-6H,7H2,1-3H3,(H,14,17)(H,13,15,16). The highest BCUT2D eigenvalue weighted by Gasteiger charge is 2.15. The molecule has 0 fully saturated rings. The van der Waals surface area contributed by atoms with Crippen LogP contribution in [0.25, 0.3) is 10.7 Å². The van der Waals surface area contributed by atoms with Crippen molar-refractivity contribution in [2.75, 3.05) is 5.75 Å². The van der Waals surface area contributed by atoms with Crippen molar-refractivity contribution >= 4 is 29.0 Å². The molecule has 1 amide bonds.